The molecule has 1 atom stereocenters. The van der Waals surface area contributed by atoms with E-state index in [0.29, 0.717) is 12.1 Å². The van der Waals surface area contributed by atoms with Crippen molar-refractivity contribution in [1.82, 2.24) is 4.90 Å². The molecule has 1 aromatic carbocycles. The molecule has 24 heavy (non-hydrogen) atoms. The second-order valence-electron chi connectivity index (χ2n) is 5.60. The number of alkyl halides is 2. The van der Waals surface area contributed by atoms with Crippen LogP contribution in [0, 0.1) is 0 Å². The second-order valence-corrected chi connectivity index (χ2v) is 5.60. The summed E-state index contributed by atoms with van der Waals surface area (Å²) >= 11 is 0. The van der Waals surface area contributed by atoms with E-state index in [1.54, 1.807) is 23.1 Å². The van der Waals surface area contributed by atoms with Crippen LogP contribution in [0.3, 0.4) is 0 Å². The number of carbonyl (C=O) groups excluding carboxylic acids is 2. The number of para-hydroxylation sites is 1. The molecule has 2 amide bonds. The number of nitrogens with two attached hydrogens (primary N) is 1. The molecule has 7 heteroatoms. The lowest BCUT2D eigenvalue weighted by Gasteiger charge is -2.34. The maximum Gasteiger partial charge on any atom is 0.387 e. The zero-order valence-corrected chi connectivity index (χ0v) is 13.2. The van der Waals surface area contributed by atoms with E-state index in [9.17, 15) is 18.4 Å². The average Bonchev–Trinajstić information content (AvgIpc) is 2.53. The third-order valence-electron chi connectivity index (χ3n) is 3.89. The highest BCUT2D eigenvalue weighted by molar-refractivity contribution is 5.92. The van der Waals surface area contributed by atoms with E-state index in [4.69, 9.17) is 5.73 Å². The number of hydrogen-bond acceptors (Lipinski definition) is 3. The van der Waals surface area contributed by atoms with Gasteiger partial charge in [-0.1, -0.05) is 18.2 Å². The smallest absolute Gasteiger partial charge is 0.387 e. The van der Waals surface area contributed by atoms with Gasteiger partial charge in [-0.25, -0.2) is 0 Å². The number of halogens is 2. The topological polar surface area (TPSA) is 72.6 Å². The maximum atomic E-state index is 12.4. The van der Waals surface area contributed by atoms with Gasteiger partial charge < -0.3 is 15.4 Å². The molecule has 1 unspecified atom stereocenters. The second kappa shape index (κ2) is 8.42. The Balaban J connectivity index is 2.10. The Labute approximate surface area is 139 Å². The largest absolute Gasteiger partial charge is 0.434 e. The van der Waals surface area contributed by atoms with Gasteiger partial charge in [-0.2, -0.15) is 8.78 Å². The van der Waals surface area contributed by atoms with Crippen molar-refractivity contribution in [2.45, 2.75) is 38.3 Å². The molecule has 0 spiro atoms. The molecule has 0 radical (unpaired) electrons. The van der Waals surface area contributed by atoms with Crippen LogP contribution in [0.4, 0.5) is 8.78 Å². The Hall–Kier alpha value is -2.44. The van der Waals surface area contributed by atoms with Gasteiger partial charge >= 0.3 is 6.61 Å². The first-order chi connectivity index (χ1) is 11.5. The first-order valence-electron chi connectivity index (χ1n) is 7.78. The van der Waals surface area contributed by atoms with E-state index >= 15 is 0 Å². The van der Waals surface area contributed by atoms with Gasteiger partial charge in [0.05, 0.1) is 0 Å². The average molecular weight is 338 g/mol. The van der Waals surface area contributed by atoms with E-state index in [1.165, 1.54) is 18.2 Å². The van der Waals surface area contributed by atoms with Gasteiger partial charge in [0, 0.05) is 30.6 Å². The number of benzene rings is 1. The molecule has 2 N–H and O–H groups in total. The lowest BCUT2D eigenvalue weighted by Crippen LogP contribution is -2.44. The van der Waals surface area contributed by atoms with Crippen LogP contribution in [0.1, 0.15) is 31.2 Å². The highest BCUT2D eigenvalue weighted by Gasteiger charge is 2.26. The van der Waals surface area contributed by atoms with Gasteiger partial charge in [0.2, 0.25) is 11.8 Å². The van der Waals surface area contributed by atoms with Crippen molar-refractivity contribution < 1.29 is 23.1 Å². The fourth-order valence-electron chi connectivity index (χ4n) is 2.81. The van der Waals surface area contributed by atoms with Gasteiger partial charge in [-0.15, -0.1) is 0 Å². The Bertz CT molecular complexity index is 620. The van der Waals surface area contributed by atoms with E-state index < -0.39 is 12.5 Å². The van der Waals surface area contributed by atoms with E-state index in [-0.39, 0.29) is 24.1 Å². The monoisotopic (exact) mass is 338 g/mol. The lowest BCUT2D eigenvalue weighted by atomic mass is 9.99. The molecule has 1 aromatic rings. The van der Waals surface area contributed by atoms with Crippen LogP contribution < -0.4 is 10.5 Å². The summed E-state index contributed by atoms with van der Waals surface area (Å²) in [6.45, 7) is -2.38. The predicted molar refractivity (Wildman–Crippen MR) is 85.3 cm³/mol. The molecule has 0 aliphatic carbocycles. The van der Waals surface area contributed by atoms with Gasteiger partial charge in [0.25, 0.3) is 0 Å². The highest BCUT2D eigenvalue weighted by atomic mass is 19.3. The van der Waals surface area contributed by atoms with Gasteiger partial charge in [-0.05, 0) is 31.4 Å². The van der Waals surface area contributed by atoms with Crippen LogP contribution in [0.15, 0.2) is 30.3 Å². The minimum absolute atomic E-state index is 0.00359. The van der Waals surface area contributed by atoms with Crippen molar-refractivity contribution in [1.29, 1.82) is 0 Å². The van der Waals surface area contributed by atoms with Crippen LogP contribution in [-0.2, 0) is 9.59 Å². The highest BCUT2D eigenvalue weighted by Crippen LogP contribution is 2.23. The van der Waals surface area contributed by atoms with Crippen molar-refractivity contribution in [3.63, 3.8) is 0 Å². The Morgan fingerprint density at radius 2 is 2.08 bits per heavy atom. The quantitative estimate of drug-likeness (QED) is 0.810. The molecule has 1 saturated heterocycles. The van der Waals surface area contributed by atoms with Crippen LogP contribution in [-0.4, -0.2) is 35.9 Å². The molecule has 2 rings (SSSR count). The van der Waals surface area contributed by atoms with Crippen LogP contribution in [0.2, 0.25) is 0 Å². The normalized spacial score (nSPS) is 18.1. The molecular formula is C17H20F2N2O3. The number of ether oxygens (including phenoxy) is 1. The molecule has 1 aliphatic heterocycles. The van der Waals surface area contributed by atoms with Crippen molar-refractivity contribution in [3.8, 4) is 5.75 Å². The maximum absolute atomic E-state index is 12.4. The fraction of sp³-hybridized carbons (Fsp3) is 0.412. The van der Waals surface area contributed by atoms with Crippen molar-refractivity contribution in [2.24, 2.45) is 5.73 Å². The minimum atomic E-state index is -2.93. The number of hydrogen-bond donors (Lipinski definition) is 1. The molecule has 0 saturated carbocycles. The number of piperidine rings is 1. The number of nitrogens with zero attached hydrogens (tertiary/aromatic N) is 1. The number of likely N-dealkylation sites (tertiary alicyclic amines) is 1. The molecule has 0 aromatic heterocycles. The first-order valence-corrected chi connectivity index (χ1v) is 7.78. The SMILES string of the molecule is NC(=O)CC1CCCCN1C(=O)C=Cc1ccccc1OC(F)F. The number of rotatable bonds is 6. The number of amides is 2. The van der Waals surface area contributed by atoms with Crippen molar-refractivity contribution in [3.05, 3.63) is 35.9 Å². The first kappa shape index (κ1) is 17.9. The molecule has 5 nitrogen and oxygen atoms in total. The molecule has 0 bridgehead atoms. The minimum Gasteiger partial charge on any atom is -0.434 e. The molecule has 1 fully saturated rings. The Kier molecular flexibility index (Phi) is 6.28. The van der Waals surface area contributed by atoms with E-state index in [0.717, 1.165) is 19.3 Å². The van der Waals surface area contributed by atoms with Gasteiger partial charge in [0.1, 0.15) is 5.75 Å². The predicted octanol–water partition coefficient (Wildman–Crippen LogP) is 2.56. The van der Waals surface area contributed by atoms with Crippen LogP contribution in [0.25, 0.3) is 6.08 Å². The van der Waals surface area contributed by atoms with Gasteiger partial charge in [-0.3, -0.25) is 9.59 Å². The number of carbonyl (C=O) groups is 2. The summed E-state index contributed by atoms with van der Waals surface area (Å²) in [5.41, 5.74) is 5.62. The summed E-state index contributed by atoms with van der Waals surface area (Å²) in [4.78, 5) is 25.1. The summed E-state index contributed by atoms with van der Waals surface area (Å²) in [5, 5.41) is 0. The Morgan fingerprint density at radius 3 is 2.79 bits per heavy atom. The van der Waals surface area contributed by atoms with Gasteiger partial charge in [0.15, 0.2) is 0 Å². The van der Waals surface area contributed by atoms with E-state index in [1.807, 2.05) is 0 Å². The van der Waals surface area contributed by atoms with Crippen molar-refractivity contribution in [2.75, 3.05) is 6.54 Å². The van der Waals surface area contributed by atoms with Crippen molar-refractivity contribution >= 4 is 17.9 Å². The third-order valence-corrected chi connectivity index (χ3v) is 3.89. The summed E-state index contributed by atoms with van der Waals surface area (Å²) in [7, 11) is 0. The zero-order valence-electron chi connectivity index (χ0n) is 13.2. The summed E-state index contributed by atoms with van der Waals surface area (Å²) in [5.74, 6) is -0.712. The standard InChI is InChI=1S/C17H20F2N2O3/c18-17(19)24-14-7-2-1-5-12(14)8-9-16(23)21-10-4-3-6-13(21)11-15(20)22/h1-2,5,7-9,13,17H,3-4,6,10-11H2,(H2,20,22). The molecule has 130 valence electrons. The molecule has 1 heterocycles. The molecule has 1 aliphatic rings. The lowest BCUT2D eigenvalue weighted by molar-refractivity contribution is -0.130. The number of primary amides is 1. The van der Waals surface area contributed by atoms with Crippen LogP contribution >= 0.6 is 0 Å². The third kappa shape index (κ3) is 5.04. The Morgan fingerprint density at radius 1 is 1.33 bits per heavy atom. The zero-order chi connectivity index (χ0) is 17.5. The summed E-state index contributed by atoms with van der Waals surface area (Å²) in [6.07, 6.45) is 5.41. The molecular weight excluding hydrogens is 318 g/mol. The fourth-order valence-corrected chi connectivity index (χ4v) is 2.81. The van der Waals surface area contributed by atoms with Crippen LogP contribution in [0.5, 0.6) is 5.75 Å². The van der Waals surface area contributed by atoms with E-state index in [2.05, 4.69) is 4.74 Å². The summed E-state index contributed by atoms with van der Waals surface area (Å²) in [6, 6.07) is 6.02. The summed E-state index contributed by atoms with van der Waals surface area (Å²) < 4.78 is 29.2.